The molecule has 1 unspecified atom stereocenters. The van der Waals surface area contributed by atoms with Gasteiger partial charge in [0.1, 0.15) is 0 Å². The molecule has 4 rings (SSSR count). The Hall–Kier alpha value is -2.37. The predicted octanol–water partition coefficient (Wildman–Crippen LogP) is 5.20. The fourth-order valence-electron chi connectivity index (χ4n) is 4.33. The smallest absolute Gasteiger partial charge is 0.244 e. The number of rotatable bonds is 3. The molecule has 4 nitrogen and oxygen atoms in total. The summed E-state index contributed by atoms with van der Waals surface area (Å²) in [6.07, 6.45) is 2.04. The molecule has 0 spiro atoms. The molecule has 0 saturated heterocycles. The van der Waals surface area contributed by atoms with Gasteiger partial charge in [-0.05, 0) is 60.2 Å². The Morgan fingerprint density at radius 3 is 2.27 bits per heavy atom. The molecule has 0 N–H and O–H groups in total. The van der Waals surface area contributed by atoms with Gasteiger partial charge in [-0.3, -0.25) is 0 Å². The van der Waals surface area contributed by atoms with E-state index in [0.717, 1.165) is 22.4 Å². The summed E-state index contributed by atoms with van der Waals surface area (Å²) in [6, 6.07) is 17.3. The van der Waals surface area contributed by atoms with E-state index in [1.165, 1.54) is 5.56 Å². The van der Waals surface area contributed by atoms with Crippen LogP contribution in [0.2, 0.25) is 0 Å². The lowest BCUT2D eigenvalue weighted by Crippen LogP contribution is -2.42. The van der Waals surface area contributed by atoms with E-state index in [2.05, 4.69) is 57.4 Å². The molecule has 2 aromatic carbocycles. The lowest BCUT2D eigenvalue weighted by Gasteiger charge is -2.37. The van der Waals surface area contributed by atoms with Gasteiger partial charge in [0.2, 0.25) is 10.0 Å². The number of benzene rings is 2. The highest BCUT2D eigenvalue weighted by Gasteiger charge is 2.38. The monoisotopic (exact) mass is 422 g/mol. The number of hydrogen-bond donors (Lipinski definition) is 0. The van der Waals surface area contributed by atoms with E-state index in [-0.39, 0.29) is 11.5 Å². The van der Waals surface area contributed by atoms with Crippen molar-refractivity contribution in [2.75, 3.05) is 6.54 Å². The van der Waals surface area contributed by atoms with Gasteiger partial charge in [-0.15, -0.1) is 0 Å². The van der Waals surface area contributed by atoms with Crippen LogP contribution in [0.3, 0.4) is 0 Å². The zero-order chi connectivity index (χ0) is 21.7. The lowest BCUT2D eigenvalue weighted by molar-refractivity contribution is 0.297. The van der Waals surface area contributed by atoms with Crippen LogP contribution in [0.25, 0.3) is 0 Å². The molecular weight excluding hydrogens is 392 g/mol. The lowest BCUT2D eigenvalue weighted by atomic mass is 9.87. The van der Waals surface area contributed by atoms with Gasteiger partial charge in [-0.2, -0.15) is 4.31 Å². The average molecular weight is 423 g/mol. The van der Waals surface area contributed by atoms with Crippen LogP contribution in [-0.4, -0.2) is 23.8 Å². The van der Waals surface area contributed by atoms with Gasteiger partial charge in [0.05, 0.1) is 10.9 Å². The maximum atomic E-state index is 13.8. The first-order valence-corrected chi connectivity index (χ1v) is 11.9. The van der Waals surface area contributed by atoms with Crippen LogP contribution in [0.5, 0.6) is 0 Å². The molecule has 0 fully saturated rings. The van der Waals surface area contributed by atoms with E-state index in [0.29, 0.717) is 18.0 Å². The third kappa shape index (κ3) is 3.61. The Kier molecular flexibility index (Phi) is 5.15. The Bertz CT molecular complexity index is 1170. The van der Waals surface area contributed by atoms with Gasteiger partial charge in [-0.25, -0.2) is 8.42 Å². The van der Waals surface area contributed by atoms with E-state index in [9.17, 15) is 8.42 Å². The van der Waals surface area contributed by atoms with Crippen LogP contribution in [0.1, 0.15) is 54.8 Å². The highest BCUT2D eigenvalue weighted by molar-refractivity contribution is 7.89. The summed E-state index contributed by atoms with van der Waals surface area (Å²) < 4.78 is 31.4. The summed E-state index contributed by atoms with van der Waals surface area (Å²) in [5.41, 5.74) is 5.45. The quantitative estimate of drug-likeness (QED) is 0.582. The molecule has 5 heteroatoms. The maximum Gasteiger partial charge on any atom is 0.244 e. The molecule has 3 aromatic rings. The van der Waals surface area contributed by atoms with E-state index in [1.54, 1.807) is 16.4 Å². The highest BCUT2D eigenvalue weighted by Crippen LogP contribution is 2.38. The first-order valence-electron chi connectivity index (χ1n) is 10.4. The molecule has 0 saturated carbocycles. The molecular formula is C25H30N2O2S. The molecule has 0 radical (unpaired) electrons. The minimum Gasteiger partial charge on any atom is -0.348 e. The van der Waals surface area contributed by atoms with Crippen LogP contribution in [-0.2, 0) is 22.0 Å². The second-order valence-corrected chi connectivity index (χ2v) is 11.2. The van der Waals surface area contributed by atoms with Crippen molar-refractivity contribution in [3.05, 3.63) is 88.7 Å². The number of aromatic nitrogens is 1. The zero-order valence-electron chi connectivity index (χ0n) is 18.4. The number of hydrogen-bond acceptors (Lipinski definition) is 2. The van der Waals surface area contributed by atoms with Crippen LogP contribution in [0.15, 0.2) is 65.7 Å². The number of nitrogens with zero attached hydrogens (tertiary/aromatic N) is 2. The fourth-order valence-corrected chi connectivity index (χ4v) is 5.90. The summed E-state index contributed by atoms with van der Waals surface area (Å²) in [5, 5.41) is 0. The zero-order valence-corrected chi connectivity index (χ0v) is 19.2. The molecule has 0 bridgehead atoms. The Labute approximate surface area is 180 Å². The van der Waals surface area contributed by atoms with E-state index in [4.69, 9.17) is 0 Å². The Morgan fingerprint density at radius 1 is 0.933 bits per heavy atom. The molecule has 2 heterocycles. The fraction of sp³-hybridized carbons (Fsp3) is 0.360. The molecule has 0 amide bonds. The Balaban J connectivity index is 1.81. The standard InChI is InChI=1S/C25H30N2O2S/c1-18-8-13-22(19(2)17-18)24-23-7-6-14-26(23)15-16-27(24)30(28,29)21-11-9-20(10-12-21)25(3,4)5/h6-14,17,24H,15-16H2,1-5H3. The number of aryl methyl sites for hydroxylation is 2. The molecule has 158 valence electrons. The van der Waals surface area contributed by atoms with Crippen LogP contribution < -0.4 is 0 Å². The normalized spacial score (nSPS) is 17.7. The van der Waals surface area contributed by atoms with Crippen LogP contribution >= 0.6 is 0 Å². The predicted molar refractivity (Wildman–Crippen MR) is 121 cm³/mol. The SMILES string of the molecule is Cc1ccc(C2c3cccn3CCN2S(=O)(=O)c2ccc(C(C)(C)C)cc2)c(C)c1. The van der Waals surface area contributed by atoms with Crippen molar-refractivity contribution in [2.24, 2.45) is 0 Å². The topological polar surface area (TPSA) is 42.3 Å². The first-order chi connectivity index (χ1) is 14.1. The molecule has 0 aliphatic carbocycles. The maximum absolute atomic E-state index is 13.8. The van der Waals surface area contributed by atoms with Crippen LogP contribution in [0, 0.1) is 13.8 Å². The minimum atomic E-state index is -3.65. The van der Waals surface area contributed by atoms with Crippen molar-refractivity contribution in [2.45, 2.75) is 57.5 Å². The van der Waals surface area contributed by atoms with Gasteiger partial charge in [0, 0.05) is 25.0 Å². The molecule has 30 heavy (non-hydrogen) atoms. The van der Waals surface area contributed by atoms with E-state index >= 15 is 0 Å². The van der Waals surface area contributed by atoms with Crippen molar-refractivity contribution in [3.63, 3.8) is 0 Å². The summed E-state index contributed by atoms with van der Waals surface area (Å²) in [7, 11) is -3.65. The summed E-state index contributed by atoms with van der Waals surface area (Å²) in [6.45, 7) is 11.6. The van der Waals surface area contributed by atoms with Gasteiger partial charge < -0.3 is 4.57 Å². The largest absolute Gasteiger partial charge is 0.348 e. The van der Waals surface area contributed by atoms with E-state index in [1.807, 2.05) is 30.5 Å². The molecule has 1 aromatic heterocycles. The molecule has 1 atom stereocenters. The van der Waals surface area contributed by atoms with E-state index < -0.39 is 10.0 Å². The minimum absolute atomic E-state index is 0.0181. The second kappa shape index (κ2) is 7.40. The molecule has 1 aliphatic rings. The van der Waals surface area contributed by atoms with Crippen LogP contribution in [0.4, 0.5) is 0 Å². The van der Waals surface area contributed by atoms with Gasteiger partial charge >= 0.3 is 0 Å². The van der Waals surface area contributed by atoms with Gasteiger partial charge in [0.15, 0.2) is 0 Å². The Morgan fingerprint density at radius 2 is 1.63 bits per heavy atom. The number of fused-ring (bicyclic) bond motifs is 1. The van der Waals surface area contributed by atoms with Crippen molar-refractivity contribution in [3.8, 4) is 0 Å². The summed E-state index contributed by atoms with van der Waals surface area (Å²) in [4.78, 5) is 0.352. The second-order valence-electron chi connectivity index (χ2n) is 9.28. The third-order valence-corrected chi connectivity index (χ3v) is 7.92. The van der Waals surface area contributed by atoms with Crippen molar-refractivity contribution in [1.82, 2.24) is 8.87 Å². The van der Waals surface area contributed by atoms with Gasteiger partial charge in [-0.1, -0.05) is 56.7 Å². The van der Waals surface area contributed by atoms with Crippen molar-refractivity contribution >= 4 is 10.0 Å². The van der Waals surface area contributed by atoms with Crippen molar-refractivity contribution < 1.29 is 8.42 Å². The summed E-state index contributed by atoms with van der Waals surface area (Å²) in [5.74, 6) is 0. The molecule has 1 aliphatic heterocycles. The average Bonchev–Trinajstić information content (AvgIpc) is 3.16. The van der Waals surface area contributed by atoms with Gasteiger partial charge in [0.25, 0.3) is 0 Å². The first kappa shape index (κ1) is 20.9. The highest BCUT2D eigenvalue weighted by atomic mass is 32.2. The number of sulfonamides is 1. The summed E-state index contributed by atoms with van der Waals surface area (Å²) >= 11 is 0. The van der Waals surface area contributed by atoms with Crippen molar-refractivity contribution in [1.29, 1.82) is 0 Å². The third-order valence-electron chi connectivity index (χ3n) is 6.04.